The van der Waals surface area contributed by atoms with Gasteiger partial charge in [0.1, 0.15) is 15.9 Å². The summed E-state index contributed by atoms with van der Waals surface area (Å²) in [5.41, 5.74) is 0. The first-order chi connectivity index (χ1) is 11.4. The highest BCUT2D eigenvalue weighted by Crippen LogP contribution is 2.66. The van der Waals surface area contributed by atoms with Crippen molar-refractivity contribution in [2.45, 2.75) is 0 Å². The average Bonchev–Trinajstić information content (AvgIpc) is 2.65. The molecule has 0 amide bonds. The molecule has 0 aliphatic heterocycles. The van der Waals surface area contributed by atoms with Crippen molar-refractivity contribution in [1.29, 1.82) is 0 Å². The van der Waals surface area contributed by atoms with Crippen LogP contribution in [0.2, 0.25) is 0 Å². The van der Waals surface area contributed by atoms with Crippen LogP contribution in [0.5, 0.6) is 0 Å². The van der Waals surface area contributed by atoms with E-state index in [4.69, 9.17) is 0 Å². The molecule has 4 heteroatoms. The van der Waals surface area contributed by atoms with Gasteiger partial charge in [-0.25, -0.2) is 4.79 Å². The van der Waals surface area contributed by atoms with E-state index in [-0.39, 0.29) is 0 Å². The molecule has 0 saturated heterocycles. The van der Waals surface area contributed by atoms with Crippen molar-refractivity contribution >= 4 is 40.0 Å². The van der Waals surface area contributed by atoms with Gasteiger partial charge in [0.15, 0.2) is 18.0 Å². The van der Waals surface area contributed by atoms with E-state index in [9.17, 15) is 4.79 Å². The number of nitrogens with zero attached hydrogens (tertiary/aromatic N) is 1. The van der Waals surface area contributed by atoms with Crippen molar-refractivity contribution in [3.8, 4) is 0 Å². The van der Waals surface area contributed by atoms with E-state index in [1.165, 1.54) is 27.5 Å². The van der Waals surface area contributed by atoms with Crippen LogP contribution >= 0.6 is 18.0 Å². The first-order valence-corrected chi connectivity index (χ1v) is 10.4. The van der Waals surface area contributed by atoms with E-state index in [0.717, 1.165) is 0 Å². The van der Waals surface area contributed by atoms with Gasteiger partial charge in [0.05, 0.1) is 0 Å². The number of carbonyl (C=O) groups excluding carboxylic acids is 1. The standard InChI is InChI=1S/C19H15NOPS/c21-16-20-23-22(17-10-4-1-5-11-17,18-12-6-2-7-13-18)19-14-8-3-9-15-19/h1-15H/q+1. The summed E-state index contributed by atoms with van der Waals surface area (Å²) in [4.78, 5) is 10.9. The van der Waals surface area contributed by atoms with Gasteiger partial charge in [-0.1, -0.05) is 59.0 Å². The zero-order chi connectivity index (χ0) is 16.0. The summed E-state index contributed by atoms with van der Waals surface area (Å²) >= 11 is 1.34. The Hall–Kier alpha value is -2.18. The number of isocyanates is 1. The molecule has 2 nitrogen and oxygen atoms in total. The second kappa shape index (κ2) is 7.39. The number of benzene rings is 3. The van der Waals surface area contributed by atoms with Crippen molar-refractivity contribution in [1.82, 2.24) is 0 Å². The molecular formula is C19H15NOPS+. The zero-order valence-electron chi connectivity index (χ0n) is 12.4. The molecule has 23 heavy (non-hydrogen) atoms. The molecule has 0 aliphatic carbocycles. The Morgan fingerprint density at radius 2 is 1.00 bits per heavy atom. The van der Waals surface area contributed by atoms with Crippen LogP contribution in [0.15, 0.2) is 95.4 Å². The maximum Gasteiger partial charge on any atom is 0.250 e. The van der Waals surface area contributed by atoms with Crippen LogP contribution in [0.1, 0.15) is 0 Å². The van der Waals surface area contributed by atoms with Crippen LogP contribution in [0.4, 0.5) is 0 Å². The minimum Gasteiger partial charge on any atom is -0.210 e. The molecule has 0 saturated carbocycles. The molecule has 0 aromatic heterocycles. The van der Waals surface area contributed by atoms with Crippen LogP contribution in [-0.4, -0.2) is 6.08 Å². The summed E-state index contributed by atoms with van der Waals surface area (Å²) in [6.45, 7) is -2.08. The van der Waals surface area contributed by atoms with Crippen LogP contribution < -0.4 is 15.9 Å². The fourth-order valence-corrected chi connectivity index (χ4v) is 8.10. The Bertz CT molecular complexity index is 706. The lowest BCUT2D eigenvalue weighted by atomic mass is 10.4. The molecule has 112 valence electrons. The molecule has 3 aromatic carbocycles. The number of hydrogen-bond donors (Lipinski definition) is 0. The molecule has 0 heterocycles. The number of hydrogen-bond acceptors (Lipinski definition) is 3. The molecule has 3 rings (SSSR count). The van der Waals surface area contributed by atoms with E-state index in [1.54, 1.807) is 6.08 Å². The second-order valence-electron chi connectivity index (χ2n) is 4.88. The topological polar surface area (TPSA) is 29.4 Å². The smallest absolute Gasteiger partial charge is 0.210 e. The van der Waals surface area contributed by atoms with Gasteiger partial charge in [-0.15, -0.1) is 0 Å². The van der Waals surface area contributed by atoms with Crippen LogP contribution in [0.25, 0.3) is 0 Å². The van der Waals surface area contributed by atoms with Gasteiger partial charge in [-0.05, 0) is 36.4 Å². The van der Waals surface area contributed by atoms with Gasteiger partial charge in [-0.2, -0.15) is 0 Å². The van der Waals surface area contributed by atoms with Crippen LogP contribution in [-0.2, 0) is 4.79 Å². The summed E-state index contributed by atoms with van der Waals surface area (Å²) < 4.78 is 3.93. The third-order valence-corrected chi connectivity index (χ3v) is 9.91. The first-order valence-electron chi connectivity index (χ1n) is 7.20. The Kier molecular flexibility index (Phi) is 5.05. The highest BCUT2D eigenvalue weighted by molar-refractivity contribution is 8.68. The third kappa shape index (κ3) is 3.13. The second-order valence-corrected chi connectivity index (χ2v) is 10.1. The van der Waals surface area contributed by atoms with Crippen molar-refractivity contribution in [3.63, 3.8) is 0 Å². The predicted molar refractivity (Wildman–Crippen MR) is 101 cm³/mol. The van der Waals surface area contributed by atoms with Gasteiger partial charge < -0.3 is 0 Å². The van der Waals surface area contributed by atoms with Gasteiger partial charge in [-0.3, -0.25) is 0 Å². The lowest BCUT2D eigenvalue weighted by Gasteiger charge is -2.22. The SMILES string of the molecule is O=C=NS[P+](c1ccccc1)(c1ccccc1)c1ccccc1. The quantitative estimate of drug-likeness (QED) is 0.306. The maximum absolute atomic E-state index is 10.9. The summed E-state index contributed by atoms with van der Waals surface area (Å²) in [5.74, 6) is 0. The molecule has 0 fully saturated rings. The lowest BCUT2D eigenvalue weighted by molar-refractivity contribution is 0.566. The molecule has 0 aliphatic rings. The van der Waals surface area contributed by atoms with Crippen molar-refractivity contribution < 1.29 is 4.79 Å². The van der Waals surface area contributed by atoms with E-state index in [1.807, 2.05) is 54.6 Å². The third-order valence-electron chi connectivity index (χ3n) is 3.56. The van der Waals surface area contributed by atoms with E-state index in [2.05, 4.69) is 40.8 Å². The van der Waals surface area contributed by atoms with Gasteiger partial charge >= 0.3 is 0 Å². The molecule has 0 atom stereocenters. The van der Waals surface area contributed by atoms with Gasteiger partial charge in [0.2, 0.25) is 0 Å². The molecule has 0 bridgehead atoms. The fraction of sp³-hybridized carbons (Fsp3) is 0. The lowest BCUT2D eigenvalue weighted by Crippen LogP contribution is -2.28. The molecule has 0 unspecified atom stereocenters. The van der Waals surface area contributed by atoms with Gasteiger partial charge in [0.25, 0.3) is 6.08 Å². The minimum atomic E-state index is -2.08. The highest BCUT2D eigenvalue weighted by atomic mass is 32.7. The normalized spacial score (nSPS) is 10.8. The maximum atomic E-state index is 10.9. The molecule has 0 spiro atoms. The molecule has 3 aromatic rings. The summed E-state index contributed by atoms with van der Waals surface area (Å²) in [6, 6.07) is 30.9. The monoisotopic (exact) mass is 336 g/mol. The zero-order valence-corrected chi connectivity index (χ0v) is 14.1. The van der Waals surface area contributed by atoms with Crippen molar-refractivity contribution in [3.05, 3.63) is 91.0 Å². The van der Waals surface area contributed by atoms with Gasteiger partial charge in [0, 0.05) is 0 Å². The van der Waals surface area contributed by atoms with Crippen LogP contribution in [0, 0.1) is 0 Å². The first kappa shape index (κ1) is 15.7. The Labute approximate surface area is 140 Å². The molecule has 0 N–H and O–H groups in total. The molecule has 0 radical (unpaired) electrons. The minimum absolute atomic E-state index is 1.18. The van der Waals surface area contributed by atoms with E-state index >= 15 is 0 Å². The molecular weight excluding hydrogens is 321 g/mol. The van der Waals surface area contributed by atoms with Crippen molar-refractivity contribution in [2.75, 3.05) is 0 Å². The largest absolute Gasteiger partial charge is 0.250 e. The predicted octanol–water partition coefficient (Wildman–Crippen LogP) is 3.88. The summed E-state index contributed by atoms with van der Waals surface area (Å²) in [7, 11) is 0. The van der Waals surface area contributed by atoms with Crippen molar-refractivity contribution in [2.24, 2.45) is 4.40 Å². The Morgan fingerprint density at radius 1 is 0.652 bits per heavy atom. The average molecular weight is 336 g/mol. The summed E-state index contributed by atoms with van der Waals surface area (Å²) in [5, 5.41) is 3.55. The summed E-state index contributed by atoms with van der Waals surface area (Å²) in [6.07, 6.45) is 1.70. The van der Waals surface area contributed by atoms with Crippen LogP contribution in [0.3, 0.4) is 0 Å². The van der Waals surface area contributed by atoms with E-state index < -0.39 is 6.46 Å². The Morgan fingerprint density at radius 3 is 1.30 bits per heavy atom. The number of rotatable bonds is 5. The Balaban J connectivity index is 2.32. The highest BCUT2D eigenvalue weighted by Gasteiger charge is 2.48. The van der Waals surface area contributed by atoms with E-state index in [0.29, 0.717) is 0 Å². The fourth-order valence-electron chi connectivity index (χ4n) is 2.58.